The van der Waals surface area contributed by atoms with Crippen LogP contribution in [0.25, 0.3) is 11.1 Å². The predicted molar refractivity (Wildman–Crippen MR) is 156 cm³/mol. The average Bonchev–Trinajstić information content (AvgIpc) is 2.86. The number of carbonyl (C=O) groups is 1. The van der Waals surface area contributed by atoms with Gasteiger partial charge in [-0.1, -0.05) is 13.8 Å². The molecule has 1 aromatic carbocycles. The summed E-state index contributed by atoms with van der Waals surface area (Å²) in [4.78, 5) is 22.2. The van der Waals surface area contributed by atoms with E-state index in [-0.39, 0.29) is 36.3 Å². The zero-order valence-corrected chi connectivity index (χ0v) is 25.4. The maximum atomic E-state index is 15.0. The van der Waals surface area contributed by atoms with E-state index in [0.29, 0.717) is 53.3 Å². The lowest BCUT2D eigenvalue weighted by atomic mass is 9.82. The largest absolute Gasteiger partial charge is 0.481 e. The van der Waals surface area contributed by atoms with Gasteiger partial charge in [0.15, 0.2) is 5.82 Å². The van der Waals surface area contributed by atoms with Gasteiger partial charge in [-0.05, 0) is 52.0 Å². The molecule has 7 nitrogen and oxygen atoms in total. The Kier molecular flexibility index (Phi) is 10.8. The molecule has 234 valence electrons. The van der Waals surface area contributed by atoms with Crippen LogP contribution in [0.4, 0.5) is 23.2 Å². The molecule has 3 aromatic rings. The second kappa shape index (κ2) is 13.7. The second-order valence-electron chi connectivity index (χ2n) is 12.4. The summed E-state index contributed by atoms with van der Waals surface area (Å²) in [5.41, 5.74) is 2.10. The Morgan fingerprint density at radius 2 is 1.56 bits per heavy atom. The highest BCUT2D eigenvalue weighted by atomic mass is 19.1. The summed E-state index contributed by atoms with van der Waals surface area (Å²) in [6.45, 7) is 12.5. The van der Waals surface area contributed by atoms with Crippen molar-refractivity contribution in [1.29, 1.82) is 0 Å². The van der Waals surface area contributed by atoms with E-state index < -0.39 is 34.8 Å². The Labute approximate surface area is 249 Å². The van der Waals surface area contributed by atoms with Crippen molar-refractivity contribution in [2.24, 2.45) is 5.41 Å². The zero-order valence-electron chi connectivity index (χ0n) is 25.4. The maximum Gasteiger partial charge on any atom is 0.307 e. The van der Waals surface area contributed by atoms with Crippen molar-refractivity contribution < 1.29 is 37.3 Å². The van der Waals surface area contributed by atoms with Gasteiger partial charge in [-0.15, -0.1) is 0 Å². The van der Waals surface area contributed by atoms with Gasteiger partial charge in [0.1, 0.15) is 17.5 Å². The molecule has 0 radical (unpaired) electrons. The molecule has 2 aromatic heterocycles. The van der Waals surface area contributed by atoms with E-state index in [4.69, 9.17) is 9.84 Å². The lowest BCUT2D eigenvalue weighted by Crippen LogP contribution is -2.38. The third kappa shape index (κ3) is 9.64. The second-order valence-corrected chi connectivity index (χ2v) is 12.4. The van der Waals surface area contributed by atoms with E-state index in [1.165, 1.54) is 12.3 Å². The molecule has 4 rings (SSSR count). The number of rotatable bonds is 8. The van der Waals surface area contributed by atoms with Crippen LogP contribution in [-0.2, 0) is 17.6 Å². The molecule has 1 saturated heterocycles. The number of carboxylic acids is 1. The van der Waals surface area contributed by atoms with Crippen molar-refractivity contribution >= 4 is 11.7 Å². The number of hydrogen-bond donors (Lipinski definition) is 2. The summed E-state index contributed by atoms with van der Waals surface area (Å²) >= 11 is 0. The lowest BCUT2D eigenvalue weighted by molar-refractivity contribution is -0.136. The van der Waals surface area contributed by atoms with Crippen LogP contribution in [0.15, 0.2) is 30.6 Å². The molecule has 1 aliphatic rings. The average molecular weight is 606 g/mol. The lowest BCUT2D eigenvalue weighted by Gasteiger charge is -2.40. The molecule has 3 heterocycles. The van der Waals surface area contributed by atoms with Crippen LogP contribution in [-0.4, -0.2) is 51.4 Å². The smallest absolute Gasteiger partial charge is 0.307 e. The van der Waals surface area contributed by atoms with E-state index >= 15 is 4.39 Å². The monoisotopic (exact) mass is 605 g/mol. The Morgan fingerprint density at radius 3 is 2.09 bits per heavy atom. The Hall–Kier alpha value is -3.73. The number of hydrogen-bond acceptors (Lipinski definition) is 6. The minimum absolute atomic E-state index is 0.165. The van der Waals surface area contributed by atoms with Gasteiger partial charge in [-0.3, -0.25) is 9.78 Å². The summed E-state index contributed by atoms with van der Waals surface area (Å²) in [6.07, 6.45) is 4.33. The first-order chi connectivity index (χ1) is 19.9. The highest BCUT2D eigenvalue weighted by Gasteiger charge is 2.29. The number of pyridine rings is 2. The van der Waals surface area contributed by atoms with Crippen molar-refractivity contribution in [3.63, 3.8) is 0 Å². The highest BCUT2D eigenvalue weighted by molar-refractivity contribution is 5.84. The van der Waals surface area contributed by atoms with E-state index in [1.54, 1.807) is 33.9 Å². The minimum atomic E-state index is -1.05. The SMILES string of the molecule is CC(C)(C)O.Cc1ncc(-c2cnc(OCCc3c(F)cc(F)cc3F)c(F)c2)c(N2CCC(C)(C)CC2)c1CC(=O)O. The number of carboxylic acid groups (broad SMARTS) is 1. The van der Waals surface area contributed by atoms with E-state index in [9.17, 15) is 23.1 Å². The van der Waals surface area contributed by atoms with E-state index in [1.807, 2.05) is 0 Å². The van der Waals surface area contributed by atoms with Gasteiger partial charge < -0.3 is 19.8 Å². The van der Waals surface area contributed by atoms with Crippen LogP contribution >= 0.6 is 0 Å². The van der Waals surface area contributed by atoms with Gasteiger partial charge >= 0.3 is 5.97 Å². The number of halogens is 4. The molecule has 43 heavy (non-hydrogen) atoms. The fourth-order valence-corrected chi connectivity index (χ4v) is 4.64. The predicted octanol–water partition coefficient (Wildman–Crippen LogP) is 6.66. The van der Waals surface area contributed by atoms with E-state index in [0.717, 1.165) is 12.8 Å². The summed E-state index contributed by atoms with van der Waals surface area (Å²) in [6, 6.07) is 2.36. The summed E-state index contributed by atoms with van der Waals surface area (Å²) < 4.78 is 61.2. The van der Waals surface area contributed by atoms with Crippen molar-refractivity contribution in [2.45, 2.75) is 72.8 Å². The number of ether oxygens (including phenoxy) is 1. The molecule has 0 bridgehead atoms. The number of aliphatic carboxylic acids is 1. The van der Waals surface area contributed by atoms with Crippen LogP contribution in [0.2, 0.25) is 0 Å². The molecule has 0 aliphatic carbocycles. The number of anilines is 1. The van der Waals surface area contributed by atoms with Gasteiger partial charge in [-0.25, -0.2) is 22.5 Å². The number of benzene rings is 1. The first-order valence-electron chi connectivity index (χ1n) is 14.0. The molecule has 1 aliphatic heterocycles. The molecule has 0 unspecified atom stereocenters. The summed E-state index contributed by atoms with van der Waals surface area (Å²) in [5.74, 6) is -5.28. The number of aryl methyl sites for hydroxylation is 1. The van der Waals surface area contributed by atoms with Crippen LogP contribution < -0.4 is 9.64 Å². The third-order valence-corrected chi connectivity index (χ3v) is 6.94. The fraction of sp³-hybridized carbons (Fsp3) is 0.469. The Morgan fingerprint density at radius 1 is 0.977 bits per heavy atom. The Bertz CT molecular complexity index is 1420. The van der Waals surface area contributed by atoms with Crippen LogP contribution in [0, 0.1) is 35.6 Å². The molecule has 0 saturated carbocycles. The van der Waals surface area contributed by atoms with Crippen LogP contribution in [0.5, 0.6) is 5.88 Å². The zero-order chi connectivity index (χ0) is 32.1. The normalized spacial score (nSPS) is 14.6. The molecule has 0 spiro atoms. The third-order valence-electron chi connectivity index (χ3n) is 6.94. The molecule has 1 fully saturated rings. The molecule has 11 heteroatoms. The summed E-state index contributed by atoms with van der Waals surface area (Å²) in [5, 5.41) is 18.1. The van der Waals surface area contributed by atoms with Crippen molar-refractivity contribution in [3.8, 4) is 17.0 Å². The molecule has 2 N–H and O–H groups in total. The maximum absolute atomic E-state index is 15.0. The standard InChI is InChI=1S/C28H29F4N3O3.C4H10O/c1-16-20(13-25(36)37)26(35-7-5-28(2,3)6-8-35)21(15-33-16)17-10-24(32)27(34-14-17)38-9-4-19-22(30)11-18(29)12-23(19)31;1-4(2,3)5/h10-12,14-15H,4-9,13H2,1-3H3,(H,36,37);5H,1-3H3. The first-order valence-corrected chi connectivity index (χ1v) is 14.0. The number of piperidine rings is 1. The molecule has 0 amide bonds. The quantitative estimate of drug-likeness (QED) is 0.277. The van der Waals surface area contributed by atoms with Gasteiger partial charge in [0.05, 0.1) is 24.3 Å². The van der Waals surface area contributed by atoms with Crippen molar-refractivity contribution in [1.82, 2.24) is 9.97 Å². The molecular weight excluding hydrogens is 566 g/mol. The van der Waals surface area contributed by atoms with Gasteiger partial charge in [-0.2, -0.15) is 0 Å². The van der Waals surface area contributed by atoms with Gasteiger partial charge in [0.25, 0.3) is 0 Å². The molecule has 0 atom stereocenters. The molecular formula is C32H39F4N3O4. The van der Waals surface area contributed by atoms with Crippen molar-refractivity contribution in [3.05, 3.63) is 70.7 Å². The Balaban J connectivity index is 0.000000934. The van der Waals surface area contributed by atoms with Crippen LogP contribution in [0.1, 0.15) is 64.3 Å². The fourth-order valence-electron chi connectivity index (χ4n) is 4.64. The highest BCUT2D eigenvalue weighted by Crippen LogP contribution is 2.40. The topological polar surface area (TPSA) is 95.8 Å². The number of aliphatic hydroxyl groups is 1. The number of aromatic nitrogens is 2. The summed E-state index contributed by atoms with van der Waals surface area (Å²) in [7, 11) is 0. The minimum Gasteiger partial charge on any atom is -0.481 e. The number of nitrogens with zero attached hydrogens (tertiary/aromatic N) is 3. The van der Waals surface area contributed by atoms with Crippen LogP contribution in [0.3, 0.4) is 0 Å². The first kappa shape index (κ1) is 33.8. The van der Waals surface area contributed by atoms with E-state index in [2.05, 4.69) is 28.7 Å². The van der Waals surface area contributed by atoms with Gasteiger partial charge in [0.2, 0.25) is 5.88 Å². The van der Waals surface area contributed by atoms with Crippen molar-refractivity contribution in [2.75, 3.05) is 24.6 Å². The van der Waals surface area contributed by atoms with Gasteiger partial charge in [0, 0.05) is 72.0 Å².